The molecule has 0 amide bonds. The van der Waals surface area contributed by atoms with E-state index in [1.165, 1.54) is 96.3 Å². The normalized spacial score (nSPS) is 12.4. The number of unbranched alkanes of at least 4 members (excludes halogenated alkanes) is 16. The third-order valence-corrected chi connectivity index (χ3v) is 11.5. The highest BCUT2D eigenvalue weighted by Crippen LogP contribution is 2.20. The van der Waals surface area contributed by atoms with Crippen molar-refractivity contribution in [1.82, 2.24) is 0 Å². The summed E-state index contributed by atoms with van der Waals surface area (Å²) < 4.78 is 46.1. The zero-order valence-electron chi connectivity index (χ0n) is 41.9. The molecule has 0 heterocycles. The molecule has 0 radical (unpaired) electrons. The standard InChI is InChI=1S/C51H99N3O10/c1-5-9-13-22-30-47(27-12-8-4)43-63-50(55)31-23-16-14-18-25-34-60-45-49(46-61-42-41-59-40-39-58-38-37-57-36-33-53-54-52)62-35-26-19-15-17-24-32-51(56)64-44-48(28-20-10-6-2)29-21-11-7-3/h47-49H,5-46H2,1-4H3. The molecule has 0 fully saturated rings. The van der Waals surface area contributed by atoms with Gasteiger partial charge in [0, 0.05) is 37.5 Å². The van der Waals surface area contributed by atoms with Crippen LogP contribution in [-0.4, -0.2) is 110 Å². The molecule has 13 heteroatoms. The second kappa shape index (κ2) is 52.0. The van der Waals surface area contributed by atoms with Gasteiger partial charge >= 0.3 is 11.9 Å². The molecule has 0 aromatic rings. The van der Waals surface area contributed by atoms with E-state index in [2.05, 4.69) is 37.7 Å². The van der Waals surface area contributed by atoms with Crippen LogP contribution in [0.15, 0.2) is 5.11 Å². The molecule has 0 spiro atoms. The van der Waals surface area contributed by atoms with Gasteiger partial charge in [-0.25, -0.2) is 0 Å². The van der Waals surface area contributed by atoms with Crippen LogP contribution in [0.5, 0.6) is 0 Å². The van der Waals surface area contributed by atoms with Gasteiger partial charge in [0.25, 0.3) is 0 Å². The summed E-state index contributed by atoms with van der Waals surface area (Å²) in [5, 5.41) is 3.42. The van der Waals surface area contributed by atoms with E-state index in [0.29, 0.717) is 117 Å². The third kappa shape index (κ3) is 46.5. The average molecular weight is 914 g/mol. The molecule has 0 bridgehead atoms. The summed E-state index contributed by atoms with van der Waals surface area (Å²) in [5.74, 6) is 0.919. The molecule has 13 nitrogen and oxygen atoms in total. The molecule has 0 saturated heterocycles. The summed E-state index contributed by atoms with van der Waals surface area (Å²) in [5.41, 5.74) is 8.28. The first-order valence-electron chi connectivity index (χ1n) is 26.3. The van der Waals surface area contributed by atoms with E-state index in [9.17, 15) is 9.59 Å². The fraction of sp³-hybridized carbons (Fsp3) is 0.961. The van der Waals surface area contributed by atoms with Crippen molar-refractivity contribution >= 4 is 11.9 Å². The largest absolute Gasteiger partial charge is 0.465 e. The summed E-state index contributed by atoms with van der Waals surface area (Å²) in [4.78, 5) is 27.6. The van der Waals surface area contributed by atoms with Crippen molar-refractivity contribution in [3.05, 3.63) is 10.4 Å². The Morgan fingerprint density at radius 3 is 1.33 bits per heavy atom. The van der Waals surface area contributed by atoms with E-state index in [1.807, 2.05) is 0 Å². The Kier molecular flexibility index (Phi) is 50.4. The van der Waals surface area contributed by atoms with E-state index >= 15 is 0 Å². The van der Waals surface area contributed by atoms with Crippen LogP contribution < -0.4 is 0 Å². The molecule has 2 atom stereocenters. The van der Waals surface area contributed by atoms with Crippen molar-refractivity contribution in [2.75, 3.05) is 92.4 Å². The molecule has 0 rings (SSSR count). The number of ether oxygens (including phenoxy) is 8. The van der Waals surface area contributed by atoms with Gasteiger partial charge < -0.3 is 37.9 Å². The zero-order valence-corrected chi connectivity index (χ0v) is 41.9. The summed E-state index contributed by atoms with van der Waals surface area (Å²) in [6, 6.07) is 0. The monoisotopic (exact) mass is 914 g/mol. The van der Waals surface area contributed by atoms with Gasteiger partial charge in [0.2, 0.25) is 0 Å². The van der Waals surface area contributed by atoms with Crippen LogP contribution in [0.4, 0.5) is 0 Å². The predicted octanol–water partition coefficient (Wildman–Crippen LogP) is 13.1. The highest BCUT2D eigenvalue weighted by atomic mass is 16.6. The predicted molar refractivity (Wildman–Crippen MR) is 259 cm³/mol. The van der Waals surface area contributed by atoms with Gasteiger partial charge in [0.1, 0.15) is 6.10 Å². The van der Waals surface area contributed by atoms with Crippen molar-refractivity contribution in [2.24, 2.45) is 17.0 Å². The first-order chi connectivity index (χ1) is 31.5. The van der Waals surface area contributed by atoms with Crippen molar-refractivity contribution in [2.45, 2.75) is 214 Å². The summed E-state index contributed by atoms with van der Waals surface area (Å²) in [6.07, 6.45) is 30.3. The number of rotatable bonds is 53. The number of carbonyl (C=O) groups excluding carboxylic acids is 2. The van der Waals surface area contributed by atoms with Gasteiger partial charge in [0.15, 0.2) is 0 Å². The quantitative estimate of drug-likeness (QED) is 0.0189. The van der Waals surface area contributed by atoms with Gasteiger partial charge in [-0.2, -0.15) is 0 Å². The Morgan fingerprint density at radius 2 is 0.812 bits per heavy atom. The SMILES string of the molecule is CCCCCCC(CCCC)COC(=O)CCCCCCCOCC(COCCOCCOCCOCCN=[N+]=[N-])OCCCCCCCC(=O)OCC(CCCCC)CCCCC. The van der Waals surface area contributed by atoms with E-state index < -0.39 is 0 Å². The van der Waals surface area contributed by atoms with Crippen LogP contribution in [0.1, 0.15) is 207 Å². The maximum Gasteiger partial charge on any atom is 0.305 e. The molecule has 0 aliphatic rings. The average Bonchev–Trinajstić information content (AvgIpc) is 3.30. The third-order valence-electron chi connectivity index (χ3n) is 11.5. The Morgan fingerprint density at radius 1 is 0.422 bits per heavy atom. The second-order valence-electron chi connectivity index (χ2n) is 17.6. The molecular formula is C51H99N3O10. The van der Waals surface area contributed by atoms with Crippen molar-refractivity contribution < 1.29 is 47.5 Å². The highest BCUT2D eigenvalue weighted by Gasteiger charge is 2.14. The molecular weight excluding hydrogens is 815 g/mol. The number of esters is 2. The van der Waals surface area contributed by atoms with Gasteiger partial charge in [-0.05, 0) is 68.7 Å². The molecule has 64 heavy (non-hydrogen) atoms. The fourth-order valence-corrected chi connectivity index (χ4v) is 7.45. The van der Waals surface area contributed by atoms with Crippen LogP contribution >= 0.6 is 0 Å². The summed E-state index contributed by atoms with van der Waals surface area (Å²) in [6.45, 7) is 15.8. The summed E-state index contributed by atoms with van der Waals surface area (Å²) >= 11 is 0. The lowest BCUT2D eigenvalue weighted by molar-refractivity contribution is -0.146. The molecule has 0 N–H and O–H groups in total. The van der Waals surface area contributed by atoms with E-state index in [-0.39, 0.29) is 18.0 Å². The van der Waals surface area contributed by atoms with Gasteiger partial charge in [0.05, 0.1) is 72.7 Å². The Labute approximate surface area is 391 Å². The topological polar surface area (TPSA) is 157 Å². The van der Waals surface area contributed by atoms with Crippen molar-refractivity contribution in [3.63, 3.8) is 0 Å². The molecule has 0 aliphatic carbocycles. The number of hydrogen-bond donors (Lipinski definition) is 0. The maximum absolute atomic E-state index is 12.5. The van der Waals surface area contributed by atoms with Crippen LogP contribution in [0.2, 0.25) is 0 Å². The van der Waals surface area contributed by atoms with Crippen molar-refractivity contribution in [1.29, 1.82) is 0 Å². The second-order valence-corrected chi connectivity index (χ2v) is 17.6. The minimum absolute atomic E-state index is 0.0441. The maximum atomic E-state index is 12.5. The lowest BCUT2D eigenvalue weighted by Crippen LogP contribution is -2.27. The van der Waals surface area contributed by atoms with Crippen molar-refractivity contribution in [3.8, 4) is 0 Å². The molecule has 0 aromatic heterocycles. The van der Waals surface area contributed by atoms with Gasteiger partial charge in [-0.1, -0.05) is 148 Å². The molecule has 378 valence electrons. The lowest BCUT2D eigenvalue weighted by atomic mass is 9.96. The zero-order chi connectivity index (χ0) is 46.7. The van der Waals surface area contributed by atoms with Crippen LogP contribution in [0, 0.1) is 11.8 Å². The fourth-order valence-electron chi connectivity index (χ4n) is 7.45. The molecule has 2 unspecified atom stereocenters. The summed E-state index contributed by atoms with van der Waals surface area (Å²) in [7, 11) is 0. The van der Waals surface area contributed by atoms with E-state index in [4.69, 9.17) is 43.4 Å². The van der Waals surface area contributed by atoms with E-state index in [1.54, 1.807) is 0 Å². The number of carbonyl (C=O) groups is 2. The number of nitrogens with zero attached hydrogens (tertiary/aromatic N) is 3. The lowest BCUT2D eigenvalue weighted by Gasteiger charge is -2.18. The molecule has 0 saturated carbocycles. The number of azide groups is 1. The van der Waals surface area contributed by atoms with Crippen LogP contribution in [0.3, 0.4) is 0 Å². The minimum Gasteiger partial charge on any atom is -0.465 e. The highest BCUT2D eigenvalue weighted by molar-refractivity contribution is 5.69. The minimum atomic E-state index is -0.159. The van der Waals surface area contributed by atoms with Crippen LogP contribution in [-0.2, 0) is 47.5 Å². The Hall–Kier alpha value is -1.99. The first kappa shape index (κ1) is 62.0. The Bertz CT molecular complexity index is 1020. The molecule has 0 aromatic carbocycles. The van der Waals surface area contributed by atoms with Gasteiger partial charge in [-0.15, -0.1) is 0 Å². The van der Waals surface area contributed by atoms with Gasteiger partial charge in [-0.3, -0.25) is 9.59 Å². The first-order valence-corrected chi connectivity index (χ1v) is 26.3. The Balaban J connectivity index is 4.39. The molecule has 0 aliphatic heterocycles. The number of hydrogen-bond acceptors (Lipinski definition) is 11. The van der Waals surface area contributed by atoms with E-state index in [0.717, 1.165) is 70.6 Å². The smallest absolute Gasteiger partial charge is 0.305 e. The van der Waals surface area contributed by atoms with Crippen LogP contribution in [0.25, 0.3) is 10.4 Å².